The van der Waals surface area contributed by atoms with Crippen LogP contribution in [0.15, 0.2) is 12.5 Å². The molecule has 78 valence electrons. The van der Waals surface area contributed by atoms with Crippen LogP contribution in [0.1, 0.15) is 43.1 Å². The highest BCUT2D eigenvalue weighted by molar-refractivity contribution is 5.91. The molecule has 0 bridgehead atoms. The van der Waals surface area contributed by atoms with E-state index in [0.717, 1.165) is 13.0 Å². The Morgan fingerprint density at radius 2 is 2.36 bits per heavy atom. The maximum absolute atomic E-state index is 11.4. The van der Waals surface area contributed by atoms with Crippen LogP contribution in [0.5, 0.6) is 0 Å². The number of carbonyl (C=O) groups excluding carboxylic acids is 1. The van der Waals surface area contributed by atoms with Gasteiger partial charge in [-0.25, -0.2) is 4.98 Å². The number of nitrogens with zero attached hydrogens (tertiary/aromatic N) is 1. The highest BCUT2D eigenvalue weighted by atomic mass is 16.1. The molecule has 0 atom stereocenters. The predicted molar refractivity (Wildman–Crippen MR) is 55.1 cm³/mol. The number of hydrogen-bond acceptors (Lipinski definition) is 2. The maximum atomic E-state index is 11.4. The van der Waals surface area contributed by atoms with E-state index in [9.17, 15) is 4.79 Å². The zero-order chi connectivity index (χ0) is 10.2. The van der Waals surface area contributed by atoms with Crippen LogP contribution >= 0.6 is 0 Å². The summed E-state index contributed by atoms with van der Waals surface area (Å²) in [5.74, 6) is -0.0704. The third-order valence-electron chi connectivity index (χ3n) is 2.06. The Kier molecular flexibility index (Phi) is 4.75. The van der Waals surface area contributed by atoms with Crippen molar-refractivity contribution < 1.29 is 4.79 Å². The fraction of sp³-hybridized carbons (Fsp3) is 0.600. The van der Waals surface area contributed by atoms with Crippen molar-refractivity contribution in [3.63, 3.8) is 0 Å². The lowest BCUT2D eigenvalue weighted by Gasteiger charge is -2.02. The number of aromatic nitrogens is 2. The van der Waals surface area contributed by atoms with E-state index in [-0.39, 0.29) is 5.91 Å². The SMILES string of the molecule is CCCCCCNC(=O)c1cnc[nH]1. The average molecular weight is 195 g/mol. The fourth-order valence-corrected chi connectivity index (χ4v) is 1.23. The van der Waals surface area contributed by atoms with Gasteiger partial charge >= 0.3 is 0 Å². The lowest BCUT2D eigenvalue weighted by molar-refractivity contribution is 0.0948. The highest BCUT2D eigenvalue weighted by Crippen LogP contribution is 1.97. The molecule has 0 saturated heterocycles. The molecule has 0 aliphatic carbocycles. The second-order valence-electron chi connectivity index (χ2n) is 3.28. The second-order valence-corrected chi connectivity index (χ2v) is 3.28. The van der Waals surface area contributed by atoms with Crippen LogP contribution < -0.4 is 5.32 Å². The Labute approximate surface area is 84.1 Å². The van der Waals surface area contributed by atoms with Crippen LogP contribution in [-0.4, -0.2) is 22.4 Å². The molecule has 1 amide bonds. The normalized spacial score (nSPS) is 10.1. The van der Waals surface area contributed by atoms with E-state index in [1.54, 1.807) is 0 Å². The zero-order valence-electron chi connectivity index (χ0n) is 8.55. The van der Waals surface area contributed by atoms with E-state index < -0.39 is 0 Å². The van der Waals surface area contributed by atoms with Gasteiger partial charge in [0.15, 0.2) is 0 Å². The Bertz CT molecular complexity index is 256. The first-order valence-electron chi connectivity index (χ1n) is 5.11. The molecule has 4 nitrogen and oxygen atoms in total. The molecule has 0 saturated carbocycles. The minimum Gasteiger partial charge on any atom is -0.351 e. The molecule has 0 spiro atoms. The molecule has 0 fully saturated rings. The standard InChI is InChI=1S/C10H17N3O/c1-2-3-4-5-6-12-10(14)9-7-11-8-13-9/h7-8H,2-6H2,1H3,(H,11,13)(H,12,14). The number of aromatic amines is 1. The Balaban J connectivity index is 2.10. The molecule has 1 aromatic rings. The molecule has 14 heavy (non-hydrogen) atoms. The van der Waals surface area contributed by atoms with Crippen molar-refractivity contribution in [1.82, 2.24) is 15.3 Å². The van der Waals surface area contributed by atoms with Crippen LogP contribution in [0.4, 0.5) is 0 Å². The summed E-state index contributed by atoms with van der Waals surface area (Å²) in [6.45, 7) is 2.92. The number of H-pyrrole nitrogens is 1. The number of amides is 1. The summed E-state index contributed by atoms with van der Waals surface area (Å²) in [7, 11) is 0. The number of hydrogen-bond donors (Lipinski definition) is 2. The fourth-order valence-electron chi connectivity index (χ4n) is 1.23. The number of imidazole rings is 1. The molecular formula is C10H17N3O. The zero-order valence-corrected chi connectivity index (χ0v) is 8.55. The van der Waals surface area contributed by atoms with E-state index in [1.165, 1.54) is 31.8 Å². The molecule has 0 aliphatic heterocycles. The molecule has 0 aromatic carbocycles. The summed E-state index contributed by atoms with van der Waals surface area (Å²) in [5, 5.41) is 2.83. The van der Waals surface area contributed by atoms with E-state index in [0.29, 0.717) is 5.69 Å². The van der Waals surface area contributed by atoms with Gasteiger partial charge in [0, 0.05) is 6.54 Å². The third-order valence-corrected chi connectivity index (χ3v) is 2.06. The summed E-state index contributed by atoms with van der Waals surface area (Å²) in [6.07, 6.45) is 7.72. The molecule has 4 heteroatoms. The van der Waals surface area contributed by atoms with Crippen molar-refractivity contribution in [2.24, 2.45) is 0 Å². The molecular weight excluding hydrogens is 178 g/mol. The third kappa shape index (κ3) is 3.60. The van der Waals surface area contributed by atoms with Crippen LogP contribution in [-0.2, 0) is 0 Å². The van der Waals surface area contributed by atoms with Crippen LogP contribution in [0.2, 0.25) is 0 Å². The Hall–Kier alpha value is -1.32. The van der Waals surface area contributed by atoms with Crippen molar-refractivity contribution in [2.75, 3.05) is 6.54 Å². The summed E-state index contributed by atoms with van der Waals surface area (Å²) in [5.41, 5.74) is 0.528. The van der Waals surface area contributed by atoms with Gasteiger partial charge in [-0.05, 0) is 6.42 Å². The van der Waals surface area contributed by atoms with Crippen molar-refractivity contribution in [3.8, 4) is 0 Å². The van der Waals surface area contributed by atoms with E-state index in [1.807, 2.05) is 0 Å². The van der Waals surface area contributed by atoms with Crippen molar-refractivity contribution in [3.05, 3.63) is 18.2 Å². The van der Waals surface area contributed by atoms with Gasteiger partial charge in [0.1, 0.15) is 5.69 Å². The van der Waals surface area contributed by atoms with Gasteiger partial charge in [-0.15, -0.1) is 0 Å². The van der Waals surface area contributed by atoms with E-state index >= 15 is 0 Å². The molecule has 0 aliphatic rings. The number of unbranched alkanes of at least 4 members (excludes halogenated alkanes) is 3. The van der Waals surface area contributed by atoms with Gasteiger partial charge in [-0.3, -0.25) is 4.79 Å². The highest BCUT2D eigenvalue weighted by Gasteiger charge is 2.04. The quantitative estimate of drug-likeness (QED) is 0.679. The van der Waals surface area contributed by atoms with Crippen LogP contribution in [0.3, 0.4) is 0 Å². The van der Waals surface area contributed by atoms with Crippen molar-refractivity contribution in [2.45, 2.75) is 32.6 Å². The predicted octanol–water partition coefficient (Wildman–Crippen LogP) is 1.72. The van der Waals surface area contributed by atoms with Gasteiger partial charge in [-0.1, -0.05) is 26.2 Å². The molecule has 2 N–H and O–H groups in total. The second kappa shape index (κ2) is 6.18. The lowest BCUT2D eigenvalue weighted by Crippen LogP contribution is -2.24. The summed E-state index contributed by atoms with van der Waals surface area (Å²) >= 11 is 0. The summed E-state index contributed by atoms with van der Waals surface area (Å²) in [6, 6.07) is 0. The molecule has 0 unspecified atom stereocenters. The van der Waals surface area contributed by atoms with Crippen LogP contribution in [0.25, 0.3) is 0 Å². The molecule has 1 aromatic heterocycles. The average Bonchev–Trinajstić information content (AvgIpc) is 2.70. The largest absolute Gasteiger partial charge is 0.351 e. The minimum atomic E-state index is -0.0704. The smallest absolute Gasteiger partial charge is 0.269 e. The Morgan fingerprint density at radius 3 is 3.00 bits per heavy atom. The number of carbonyl (C=O) groups is 1. The minimum absolute atomic E-state index is 0.0704. The maximum Gasteiger partial charge on any atom is 0.269 e. The molecule has 1 heterocycles. The molecule has 1 rings (SSSR count). The Morgan fingerprint density at radius 1 is 1.50 bits per heavy atom. The molecule has 0 radical (unpaired) electrons. The van der Waals surface area contributed by atoms with Crippen LogP contribution in [0, 0.1) is 0 Å². The topological polar surface area (TPSA) is 57.8 Å². The lowest BCUT2D eigenvalue weighted by atomic mass is 10.2. The first-order chi connectivity index (χ1) is 6.84. The van der Waals surface area contributed by atoms with Crippen molar-refractivity contribution >= 4 is 5.91 Å². The first-order valence-corrected chi connectivity index (χ1v) is 5.11. The van der Waals surface area contributed by atoms with Gasteiger partial charge in [0.2, 0.25) is 0 Å². The van der Waals surface area contributed by atoms with Gasteiger partial charge in [0.05, 0.1) is 12.5 Å². The van der Waals surface area contributed by atoms with E-state index in [4.69, 9.17) is 0 Å². The number of nitrogens with one attached hydrogen (secondary N) is 2. The first kappa shape index (κ1) is 10.8. The summed E-state index contributed by atoms with van der Waals surface area (Å²) < 4.78 is 0. The van der Waals surface area contributed by atoms with Gasteiger partial charge in [-0.2, -0.15) is 0 Å². The number of rotatable bonds is 6. The van der Waals surface area contributed by atoms with E-state index in [2.05, 4.69) is 22.2 Å². The monoisotopic (exact) mass is 195 g/mol. The summed E-state index contributed by atoms with van der Waals surface area (Å²) in [4.78, 5) is 17.9. The van der Waals surface area contributed by atoms with Crippen molar-refractivity contribution in [1.29, 1.82) is 0 Å². The van der Waals surface area contributed by atoms with Gasteiger partial charge < -0.3 is 10.3 Å². The van der Waals surface area contributed by atoms with Gasteiger partial charge in [0.25, 0.3) is 5.91 Å².